The Morgan fingerprint density at radius 2 is 1.93 bits per heavy atom. The molecule has 1 saturated heterocycles. The van der Waals surface area contributed by atoms with Crippen LogP contribution in [0.15, 0.2) is 22.8 Å². The molecule has 3 N–H and O–H groups in total. The Bertz CT molecular complexity index is 1100. The summed E-state index contributed by atoms with van der Waals surface area (Å²) in [6, 6.07) is 3.60. The molecule has 0 aliphatic carbocycles. The van der Waals surface area contributed by atoms with Gasteiger partial charge in [-0.15, -0.1) is 5.10 Å². The third-order valence-corrected chi connectivity index (χ3v) is 4.81. The highest BCUT2D eigenvalue weighted by atomic mass is 16.3. The monoisotopic (exact) mass is 368 g/mol. The second-order valence-electron chi connectivity index (χ2n) is 6.69. The molecule has 1 aliphatic rings. The molecule has 4 aromatic heterocycles. The van der Waals surface area contributed by atoms with E-state index in [1.807, 2.05) is 13.1 Å². The first-order chi connectivity index (χ1) is 13.1. The molecule has 140 valence electrons. The van der Waals surface area contributed by atoms with Crippen molar-refractivity contribution in [3.05, 3.63) is 18.4 Å². The van der Waals surface area contributed by atoms with Gasteiger partial charge >= 0.3 is 0 Å². The maximum atomic E-state index is 6.08. The molecule has 5 rings (SSSR count). The third-order valence-electron chi connectivity index (χ3n) is 4.81. The number of aryl methyl sites for hydroxylation is 1. The summed E-state index contributed by atoms with van der Waals surface area (Å²) in [5.74, 6) is 2.07. The number of rotatable bonds is 3. The van der Waals surface area contributed by atoms with Gasteiger partial charge < -0.3 is 20.5 Å². The lowest BCUT2D eigenvalue weighted by atomic mass is 10.3. The minimum Gasteiger partial charge on any atom is -0.461 e. The highest BCUT2D eigenvalue weighted by Gasteiger charge is 2.23. The van der Waals surface area contributed by atoms with E-state index in [9.17, 15) is 0 Å². The van der Waals surface area contributed by atoms with Crippen LogP contribution < -0.4 is 11.2 Å². The lowest BCUT2D eigenvalue weighted by Gasteiger charge is -2.32. The van der Waals surface area contributed by atoms with E-state index < -0.39 is 0 Å². The van der Waals surface area contributed by atoms with Crippen molar-refractivity contribution < 1.29 is 4.42 Å². The predicted molar refractivity (Wildman–Crippen MR) is 99.9 cm³/mol. The van der Waals surface area contributed by atoms with Crippen molar-refractivity contribution in [2.75, 3.05) is 44.4 Å². The Kier molecular flexibility index (Phi) is 3.52. The van der Waals surface area contributed by atoms with Crippen LogP contribution in [0.25, 0.3) is 28.3 Å². The summed E-state index contributed by atoms with van der Waals surface area (Å²) in [7, 11) is 4.00. The summed E-state index contributed by atoms with van der Waals surface area (Å²) in [4.78, 5) is 11.3. The van der Waals surface area contributed by atoms with E-state index in [1.165, 1.54) is 4.52 Å². The van der Waals surface area contributed by atoms with E-state index in [-0.39, 0.29) is 5.95 Å². The molecule has 0 amide bonds. The van der Waals surface area contributed by atoms with Crippen molar-refractivity contribution in [2.45, 2.75) is 0 Å². The fraction of sp³-hybridized carbons (Fsp3) is 0.375. The normalized spacial score (nSPS) is 16.5. The van der Waals surface area contributed by atoms with Gasteiger partial charge in [-0.2, -0.15) is 14.6 Å². The third kappa shape index (κ3) is 2.59. The molecule has 5 heterocycles. The van der Waals surface area contributed by atoms with E-state index >= 15 is 0 Å². The molecule has 1 aliphatic heterocycles. The summed E-state index contributed by atoms with van der Waals surface area (Å²) in [6.07, 6.45) is 1.59. The van der Waals surface area contributed by atoms with Crippen molar-refractivity contribution in [1.82, 2.24) is 39.3 Å². The van der Waals surface area contributed by atoms with Crippen LogP contribution in [0.5, 0.6) is 0 Å². The minimum atomic E-state index is 0.229. The molecule has 0 aromatic carbocycles. The van der Waals surface area contributed by atoms with Crippen molar-refractivity contribution in [1.29, 1.82) is 0 Å². The first-order valence-electron chi connectivity index (χ1n) is 8.73. The van der Waals surface area contributed by atoms with E-state index in [0.29, 0.717) is 22.9 Å². The van der Waals surface area contributed by atoms with Crippen molar-refractivity contribution in [3.8, 4) is 11.6 Å². The number of nitrogens with one attached hydrogen (secondary N) is 1. The molecular formula is C16H20N10O. The number of aromatic nitrogens is 6. The topological polar surface area (TPSA) is 119 Å². The number of anilines is 2. The Labute approximate surface area is 154 Å². The Hall–Kier alpha value is -3.18. The fourth-order valence-corrected chi connectivity index (χ4v) is 3.29. The number of piperazine rings is 1. The smallest absolute Gasteiger partial charge is 0.225 e. The Balaban J connectivity index is 1.64. The molecule has 0 radical (unpaired) electrons. The number of fused-ring (bicyclic) bond motifs is 3. The first kappa shape index (κ1) is 16.0. The number of nitrogens with two attached hydrogens (primary N) is 1. The molecule has 1 fully saturated rings. The maximum Gasteiger partial charge on any atom is 0.225 e. The van der Waals surface area contributed by atoms with E-state index in [2.05, 4.69) is 42.5 Å². The van der Waals surface area contributed by atoms with Crippen LogP contribution in [0.3, 0.4) is 0 Å². The van der Waals surface area contributed by atoms with Crippen molar-refractivity contribution in [2.24, 2.45) is 7.05 Å². The zero-order valence-electron chi connectivity index (χ0n) is 15.1. The molecule has 4 aromatic rings. The summed E-state index contributed by atoms with van der Waals surface area (Å²) < 4.78 is 8.70. The summed E-state index contributed by atoms with van der Waals surface area (Å²) in [6.45, 7) is 3.81. The van der Waals surface area contributed by atoms with Crippen LogP contribution in [-0.4, -0.2) is 72.5 Å². The van der Waals surface area contributed by atoms with Gasteiger partial charge in [0.25, 0.3) is 0 Å². The molecular weight excluding hydrogens is 348 g/mol. The lowest BCUT2D eigenvalue weighted by Crippen LogP contribution is -2.47. The predicted octanol–water partition coefficient (Wildman–Crippen LogP) is 0.427. The molecule has 0 atom stereocenters. The van der Waals surface area contributed by atoms with Gasteiger partial charge in [0.05, 0.1) is 6.26 Å². The van der Waals surface area contributed by atoms with Crippen LogP contribution >= 0.6 is 0 Å². The lowest BCUT2D eigenvalue weighted by molar-refractivity contribution is 0.178. The number of furan rings is 1. The van der Waals surface area contributed by atoms with E-state index in [1.54, 1.807) is 17.0 Å². The van der Waals surface area contributed by atoms with Gasteiger partial charge in [-0.3, -0.25) is 0 Å². The quantitative estimate of drug-likeness (QED) is 0.530. The van der Waals surface area contributed by atoms with Gasteiger partial charge in [-0.1, -0.05) is 0 Å². The largest absolute Gasteiger partial charge is 0.461 e. The zero-order valence-corrected chi connectivity index (χ0v) is 15.1. The van der Waals surface area contributed by atoms with Crippen molar-refractivity contribution in [3.63, 3.8) is 0 Å². The molecule has 0 saturated carbocycles. The zero-order chi connectivity index (χ0) is 18.5. The van der Waals surface area contributed by atoms with Crippen LogP contribution in [0.2, 0.25) is 0 Å². The van der Waals surface area contributed by atoms with Crippen LogP contribution in [-0.2, 0) is 7.05 Å². The number of hydrogen-bond donors (Lipinski definition) is 2. The Morgan fingerprint density at radius 3 is 2.67 bits per heavy atom. The van der Waals surface area contributed by atoms with Crippen LogP contribution in [0.4, 0.5) is 11.8 Å². The summed E-state index contributed by atoms with van der Waals surface area (Å²) in [5.41, 5.74) is 10.7. The van der Waals surface area contributed by atoms with Gasteiger partial charge in [0, 0.05) is 33.2 Å². The summed E-state index contributed by atoms with van der Waals surface area (Å²) in [5, 5.41) is 11.9. The first-order valence-corrected chi connectivity index (χ1v) is 8.73. The highest BCUT2D eigenvalue weighted by Crippen LogP contribution is 2.29. The van der Waals surface area contributed by atoms with E-state index in [4.69, 9.17) is 10.2 Å². The number of nitrogen functional groups attached to an aromatic ring is 1. The maximum absolute atomic E-state index is 6.08. The number of hydrazine groups is 1. The molecule has 27 heavy (non-hydrogen) atoms. The van der Waals surface area contributed by atoms with Gasteiger partial charge in [-0.05, 0) is 19.2 Å². The fourth-order valence-electron chi connectivity index (χ4n) is 3.29. The molecule has 0 spiro atoms. The molecule has 11 nitrogen and oxygen atoms in total. The minimum absolute atomic E-state index is 0.229. The summed E-state index contributed by atoms with van der Waals surface area (Å²) >= 11 is 0. The van der Waals surface area contributed by atoms with E-state index in [0.717, 1.165) is 37.4 Å². The highest BCUT2D eigenvalue weighted by molar-refractivity contribution is 5.99. The van der Waals surface area contributed by atoms with Crippen LogP contribution in [0.1, 0.15) is 0 Å². The van der Waals surface area contributed by atoms with Crippen molar-refractivity contribution >= 4 is 28.4 Å². The average molecular weight is 368 g/mol. The second kappa shape index (κ2) is 5.93. The van der Waals surface area contributed by atoms with Gasteiger partial charge in [0.15, 0.2) is 22.9 Å². The SMILES string of the molecule is CN1CCN(Nc2c3c(nc(N)n4nc(-c5ccco5)nc34)nn2C)CC1. The number of likely N-dealkylation sites (N-methyl/N-ethyl adjacent to an activating group) is 1. The molecule has 11 heteroatoms. The molecule has 0 unspecified atom stereocenters. The molecule has 0 bridgehead atoms. The second-order valence-corrected chi connectivity index (χ2v) is 6.69. The number of nitrogens with zero attached hydrogens (tertiary/aromatic N) is 8. The Morgan fingerprint density at radius 1 is 1.11 bits per heavy atom. The number of hydrogen-bond acceptors (Lipinski definition) is 9. The van der Waals surface area contributed by atoms with Gasteiger partial charge in [0.2, 0.25) is 11.8 Å². The van der Waals surface area contributed by atoms with Crippen LogP contribution in [0, 0.1) is 0 Å². The standard InChI is InChI=1S/C16H20N10O/c1-23-5-7-25(8-6-23)22-15-11-13(20-24(15)2)19-16(17)26-14(11)18-12(21-26)10-4-3-9-27-10/h3-4,9,22H,5-8H2,1-2H3,(H2,17,19,20). The average Bonchev–Trinajstić information content (AvgIpc) is 3.36. The van der Waals surface area contributed by atoms with Gasteiger partial charge in [0.1, 0.15) is 5.39 Å². The van der Waals surface area contributed by atoms with Gasteiger partial charge in [-0.25, -0.2) is 14.7 Å².